The molecule has 2 aromatic heterocycles. The highest BCUT2D eigenvalue weighted by atomic mass is 14.8. The van der Waals surface area contributed by atoms with Crippen LogP contribution in [0.1, 0.15) is 0 Å². The molecule has 0 atom stereocenters. The van der Waals surface area contributed by atoms with Crippen molar-refractivity contribution in [3.8, 4) is 22.4 Å². The molecule has 25 heavy (non-hydrogen) atoms. The Labute approximate surface area is 145 Å². The molecule has 0 saturated carbocycles. The standard InChI is InChI=1S/C23H16N2/c1-3-9-16(10-4-1)19-15-21(17-11-5-2-6-12-17)25-22-18-13-7-8-14-20(18)24-23(19)22/h1-15,24H. The van der Waals surface area contributed by atoms with Gasteiger partial charge >= 0.3 is 0 Å². The van der Waals surface area contributed by atoms with Gasteiger partial charge in [-0.2, -0.15) is 0 Å². The lowest BCUT2D eigenvalue weighted by Crippen LogP contribution is -1.88. The molecular weight excluding hydrogens is 304 g/mol. The predicted octanol–water partition coefficient (Wildman–Crippen LogP) is 6.05. The van der Waals surface area contributed by atoms with Crippen molar-refractivity contribution in [3.63, 3.8) is 0 Å². The van der Waals surface area contributed by atoms with Crippen LogP contribution >= 0.6 is 0 Å². The number of pyridine rings is 1. The fourth-order valence-electron chi connectivity index (χ4n) is 3.40. The van der Waals surface area contributed by atoms with Crippen LogP contribution in [0.3, 0.4) is 0 Å². The molecule has 0 fully saturated rings. The Kier molecular flexibility index (Phi) is 3.14. The van der Waals surface area contributed by atoms with E-state index >= 15 is 0 Å². The van der Waals surface area contributed by atoms with E-state index < -0.39 is 0 Å². The van der Waals surface area contributed by atoms with Gasteiger partial charge in [-0.05, 0) is 17.7 Å². The largest absolute Gasteiger partial charge is 0.353 e. The van der Waals surface area contributed by atoms with Gasteiger partial charge in [0.2, 0.25) is 0 Å². The van der Waals surface area contributed by atoms with E-state index in [2.05, 4.69) is 83.8 Å². The Morgan fingerprint density at radius 2 is 1.28 bits per heavy atom. The molecule has 5 aromatic rings. The van der Waals surface area contributed by atoms with Crippen molar-refractivity contribution in [3.05, 3.63) is 91.0 Å². The van der Waals surface area contributed by atoms with E-state index in [1.807, 2.05) is 12.1 Å². The Hall–Kier alpha value is -3.39. The maximum absolute atomic E-state index is 4.99. The number of nitrogens with one attached hydrogen (secondary N) is 1. The van der Waals surface area contributed by atoms with E-state index in [1.165, 1.54) is 11.1 Å². The second-order valence-corrected chi connectivity index (χ2v) is 6.18. The topological polar surface area (TPSA) is 28.7 Å². The van der Waals surface area contributed by atoms with E-state index in [4.69, 9.17) is 4.98 Å². The van der Waals surface area contributed by atoms with Gasteiger partial charge in [-0.1, -0.05) is 78.9 Å². The maximum Gasteiger partial charge on any atom is 0.0971 e. The molecule has 0 radical (unpaired) electrons. The van der Waals surface area contributed by atoms with Crippen LogP contribution < -0.4 is 0 Å². The highest BCUT2D eigenvalue weighted by molar-refractivity contribution is 6.10. The van der Waals surface area contributed by atoms with Crippen LogP contribution in [0.15, 0.2) is 91.0 Å². The third-order valence-electron chi connectivity index (χ3n) is 4.62. The van der Waals surface area contributed by atoms with Crippen molar-refractivity contribution >= 4 is 21.9 Å². The van der Waals surface area contributed by atoms with Crippen molar-refractivity contribution in [2.45, 2.75) is 0 Å². The summed E-state index contributed by atoms with van der Waals surface area (Å²) < 4.78 is 0. The number of nitrogens with zero attached hydrogens (tertiary/aromatic N) is 1. The zero-order chi connectivity index (χ0) is 16.6. The van der Waals surface area contributed by atoms with Gasteiger partial charge in [0.15, 0.2) is 0 Å². The number of fused-ring (bicyclic) bond motifs is 3. The Morgan fingerprint density at radius 1 is 0.640 bits per heavy atom. The summed E-state index contributed by atoms with van der Waals surface area (Å²) in [5, 5.41) is 1.16. The van der Waals surface area contributed by atoms with Crippen LogP contribution in [-0.4, -0.2) is 9.97 Å². The number of para-hydroxylation sites is 1. The van der Waals surface area contributed by atoms with Crippen molar-refractivity contribution in [1.29, 1.82) is 0 Å². The molecule has 0 unspecified atom stereocenters. The van der Waals surface area contributed by atoms with E-state index in [0.717, 1.165) is 33.2 Å². The van der Waals surface area contributed by atoms with Gasteiger partial charge in [-0.15, -0.1) is 0 Å². The van der Waals surface area contributed by atoms with Crippen LogP contribution in [0.25, 0.3) is 44.3 Å². The minimum atomic E-state index is 0.997. The van der Waals surface area contributed by atoms with Crippen LogP contribution in [-0.2, 0) is 0 Å². The van der Waals surface area contributed by atoms with E-state index in [0.29, 0.717) is 0 Å². The summed E-state index contributed by atoms with van der Waals surface area (Å²) >= 11 is 0. The lowest BCUT2D eigenvalue weighted by atomic mass is 10.0. The van der Waals surface area contributed by atoms with Crippen molar-refractivity contribution in [1.82, 2.24) is 9.97 Å². The first kappa shape index (κ1) is 14.0. The van der Waals surface area contributed by atoms with E-state index in [-0.39, 0.29) is 0 Å². The van der Waals surface area contributed by atoms with E-state index in [1.54, 1.807) is 0 Å². The number of hydrogen-bond acceptors (Lipinski definition) is 1. The highest BCUT2D eigenvalue weighted by Gasteiger charge is 2.13. The molecule has 2 nitrogen and oxygen atoms in total. The van der Waals surface area contributed by atoms with Gasteiger partial charge in [0, 0.05) is 22.0 Å². The Bertz CT molecular complexity index is 1170. The molecule has 3 aromatic carbocycles. The minimum absolute atomic E-state index is 0.997. The summed E-state index contributed by atoms with van der Waals surface area (Å²) in [6, 6.07) is 31.4. The molecule has 0 amide bonds. The number of aromatic amines is 1. The average Bonchev–Trinajstić information content (AvgIpc) is 3.07. The third kappa shape index (κ3) is 2.31. The highest BCUT2D eigenvalue weighted by Crippen LogP contribution is 2.35. The molecule has 0 aliphatic carbocycles. The van der Waals surface area contributed by atoms with Crippen LogP contribution in [0.5, 0.6) is 0 Å². The number of hydrogen-bond donors (Lipinski definition) is 1. The van der Waals surface area contributed by atoms with Crippen LogP contribution in [0, 0.1) is 0 Å². The minimum Gasteiger partial charge on any atom is -0.353 e. The molecule has 2 heterocycles. The van der Waals surface area contributed by atoms with Gasteiger partial charge in [0.1, 0.15) is 0 Å². The average molecular weight is 320 g/mol. The maximum atomic E-state index is 4.99. The molecular formula is C23H16N2. The summed E-state index contributed by atoms with van der Waals surface area (Å²) in [6.45, 7) is 0. The van der Waals surface area contributed by atoms with Crippen molar-refractivity contribution < 1.29 is 0 Å². The second kappa shape index (κ2) is 5.60. The monoisotopic (exact) mass is 320 g/mol. The van der Waals surface area contributed by atoms with Gasteiger partial charge < -0.3 is 4.98 Å². The van der Waals surface area contributed by atoms with Gasteiger partial charge in [-0.25, -0.2) is 4.98 Å². The van der Waals surface area contributed by atoms with Crippen LogP contribution in [0.2, 0.25) is 0 Å². The number of rotatable bonds is 2. The second-order valence-electron chi connectivity index (χ2n) is 6.18. The van der Waals surface area contributed by atoms with E-state index in [9.17, 15) is 0 Å². The fourth-order valence-corrected chi connectivity index (χ4v) is 3.40. The molecule has 1 N–H and O–H groups in total. The molecule has 118 valence electrons. The van der Waals surface area contributed by atoms with Gasteiger partial charge in [0.05, 0.1) is 16.7 Å². The van der Waals surface area contributed by atoms with Gasteiger partial charge in [-0.3, -0.25) is 0 Å². The number of benzene rings is 3. The first-order valence-electron chi connectivity index (χ1n) is 8.42. The number of aromatic nitrogens is 2. The summed E-state index contributed by atoms with van der Waals surface area (Å²) in [4.78, 5) is 8.55. The first-order valence-corrected chi connectivity index (χ1v) is 8.42. The SMILES string of the molecule is c1ccc(-c2cc(-c3ccccc3)c3[nH]c4ccccc4c3n2)cc1. The smallest absolute Gasteiger partial charge is 0.0971 e. The van der Waals surface area contributed by atoms with Crippen molar-refractivity contribution in [2.75, 3.05) is 0 Å². The molecule has 0 aliphatic heterocycles. The fraction of sp³-hybridized carbons (Fsp3) is 0. The summed E-state index contributed by atoms with van der Waals surface area (Å²) in [6.07, 6.45) is 0. The Balaban J connectivity index is 1.90. The molecule has 0 aliphatic rings. The first-order chi connectivity index (χ1) is 12.4. The predicted molar refractivity (Wildman–Crippen MR) is 104 cm³/mol. The molecule has 2 heteroatoms. The molecule has 0 saturated heterocycles. The zero-order valence-corrected chi connectivity index (χ0v) is 13.6. The quantitative estimate of drug-likeness (QED) is 0.421. The molecule has 0 bridgehead atoms. The summed E-state index contributed by atoms with van der Waals surface area (Å²) in [5.74, 6) is 0. The van der Waals surface area contributed by atoms with Crippen molar-refractivity contribution in [2.24, 2.45) is 0 Å². The molecule has 5 rings (SSSR count). The lowest BCUT2D eigenvalue weighted by molar-refractivity contribution is 1.40. The van der Waals surface area contributed by atoms with Crippen LogP contribution in [0.4, 0.5) is 0 Å². The Morgan fingerprint density at radius 3 is 2.04 bits per heavy atom. The number of H-pyrrole nitrogens is 1. The summed E-state index contributed by atoms with van der Waals surface area (Å²) in [7, 11) is 0. The zero-order valence-electron chi connectivity index (χ0n) is 13.6. The van der Waals surface area contributed by atoms with Gasteiger partial charge in [0.25, 0.3) is 0 Å². The summed E-state index contributed by atoms with van der Waals surface area (Å²) in [5.41, 5.74) is 7.73. The lowest BCUT2D eigenvalue weighted by Gasteiger charge is -2.08. The normalized spacial score (nSPS) is 11.2. The molecule has 0 spiro atoms. The third-order valence-corrected chi connectivity index (χ3v) is 4.62.